The molecule has 22 heavy (non-hydrogen) atoms. The molecule has 0 spiro atoms. The summed E-state index contributed by atoms with van der Waals surface area (Å²) in [7, 11) is 0. The average Bonchev–Trinajstić information content (AvgIpc) is 2.84. The Morgan fingerprint density at radius 1 is 1.32 bits per heavy atom. The lowest BCUT2D eigenvalue weighted by molar-refractivity contribution is -0.143. The Labute approximate surface area is 127 Å². The second-order valence-electron chi connectivity index (χ2n) is 5.59. The molecule has 2 rings (SSSR count). The molecular weight excluding hydrogens is 287 g/mol. The molecule has 1 amide bonds. The van der Waals surface area contributed by atoms with Gasteiger partial charge in [0.15, 0.2) is 0 Å². The number of nitrogens with zero attached hydrogens (tertiary/aromatic N) is 1. The Balaban J connectivity index is 2.01. The number of hydrogen-bond donors (Lipinski definition) is 2. The zero-order chi connectivity index (χ0) is 16.3. The van der Waals surface area contributed by atoms with E-state index in [1.54, 1.807) is 30.7 Å². The fourth-order valence-electron chi connectivity index (χ4n) is 2.33. The lowest BCUT2D eigenvalue weighted by atomic mass is 10.0. The van der Waals surface area contributed by atoms with Crippen LogP contribution in [0.2, 0.25) is 0 Å². The Hall–Kier alpha value is -2.37. The first kappa shape index (κ1) is 16.0. The van der Waals surface area contributed by atoms with E-state index in [1.807, 2.05) is 6.07 Å². The number of aliphatic carboxylic acids is 1. The maximum Gasteiger partial charge on any atom is 0.326 e. The Bertz CT molecular complexity index is 694. The van der Waals surface area contributed by atoms with E-state index in [4.69, 9.17) is 5.11 Å². The molecule has 0 radical (unpaired) electrons. The topological polar surface area (TPSA) is 71.3 Å². The molecule has 0 aliphatic carbocycles. The van der Waals surface area contributed by atoms with E-state index < -0.39 is 12.0 Å². The van der Waals surface area contributed by atoms with Crippen LogP contribution < -0.4 is 5.32 Å². The number of hydrogen-bond acceptors (Lipinski definition) is 2. The van der Waals surface area contributed by atoms with Gasteiger partial charge in [-0.15, -0.1) is 0 Å². The zero-order valence-corrected chi connectivity index (χ0v) is 12.5. The van der Waals surface area contributed by atoms with Crippen LogP contribution in [0.3, 0.4) is 0 Å². The minimum absolute atomic E-state index is 0.136. The highest BCUT2D eigenvalue weighted by Gasteiger charge is 2.23. The van der Waals surface area contributed by atoms with Crippen molar-refractivity contribution in [3.05, 3.63) is 36.3 Å². The van der Waals surface area contributed by atoms with Gasteiger partial charge in [-0.1, -0.05) is 13.8 Å². The van der Waals surface area contributed by atoms with Crippen molar-refractivity contribution in [2.24, 2.45) is 5.92 Å². The number of carboxylic acid groups (broad SMARTS) is 1. The molecule has 0 aliphatic heterocycles. The number of aryl methyl sites for hydroxylation is 1. The first-order valence-corrected chi connectivity index (χ1v) is 7.15. The number of carbonyl (C=O) groups is 2. The summed E-state index contributed by atoms with van der Waals surface area (Å²) in [6, 6.07) is 5.44. The van der Waals surface area contributed by atoms with Crippen molar-refractivity contribution >= 4 is 22.8 Å². The molecule has 0 saturated heterocycles. The molecule has 5 nitrogen and oxygen atoms in total. The van der Waals surface area contributed by atoms with Gasteiger partial charge in [0, 0.05) is 19.2 Å². The summed E-state index contributed by atoms with van der Waals surface area (Å²) in [4.78, 5) is 23.0. The largest absolute Gasteiger partial charge is 0.480 e. The highest BCUT2D eigenvalue weighted by atomic mass is 19.1. The van der Waals surface area contributed by atoms with Crippen LogP contribution in [0.4, 0.5) is 4.39 Å². The van der Waals surface area contributed by atoms with Crippen molar-refractivity contribution in [1.82, 2.24) is 9.88 Å². The number of carbonyl (C=O) groups excluding carboxylic acids is 1. The molecule has 6 heteroatoms. The second-order valence-corrected chi connectivity index (χ2v) is 5.59. The predicted octanol–water partition coefficient (Wildman–Crippen LogP) is 2.40. The molecular formula is C16H19FN2O3. The summed E-state index contributed by atoms with van der Waals surface area (Å²) >= 11 is 0. The number of aromatic nitrogens is 1. The van der Waals surface area contributed by atoms with Gasteiger partial charge in [-0.25, -0.2) is 9.18 Å². The molecule has 0 unspecified atom stereocenters. The quantitative estimate of drug-likeness (QED) is 0.861. The first-order chi connectivity index (χ1) is 10.4. The van der Waals surface area contributed by atoms with Gasteiger partial charge < -0.3 is 15.0 Å². The van der Waals surface area contributed by atoms with Crippen molar-refractivity contribution in [3.63, 3.8) is 0 Å². The summed E-state index contributed by atoms with van der Waals surface area (Å²) < 4.78 is 15.1. The normalized spacial score (nSPS) is 12.5. The third-order valence-electron chi connectivity index (χ3n) is 3.56. The molecule has 1 atom stereocenters. The SMILES string of the molecule is CC(C)[C@H](NC(=O)CCn1ccc2ccc(F)cc21)C(=O)O. The monoisotopic (exact) mass is 306 g/mol. The Morgan fingerprint density at radius 3 is 2.68 bits per heavy atom. The van der Waals surface area contributed by atoms with Crippen molar-refractivity contribution in [2.75, 3.05) is 0 Å². The molecule has 118 valence electrons. The molecule has 2 N–H and O–H groups in total. The van der Waals surface area contributed by atoms with E-state index in [-0.39, 0.29) is 24.1 Å². The predicted molar refractivity (Wildman–Crippen MR) is 80.9 cm³/mol. The van der Waals surface area contributed by atoms with Crippen LogP contribution >= 0.6 is 0 Å². The number of fused-ring (bicyclic) bond motifs is 1. The molecule has 0 saturated carbocycles. The molecule has 0 aliphatic rings. The van der Waals surface area contributed by atoms with Crippen molar-refractivity contribution in [2.45, 2.75) is 32.9 Å². The van der Waals surface area contributed by atoms with Gasteiger partial charge in [-0.3, -0.25) is 4.79 Å². The Morgan fingerprint density at radius 2 is 2.05 bits per heavy atom. The van der Waals surface area contributed by atoms with E-state index in [1.165, 1.54) is 12.1 Å². The van der Waals surface area contributed by atoms with Gasteiger partial charge >= 0.3 is 5.97 Å². The van der Waals surface area contributed by atoms with Gasteiger partial charge in [-0.05, 0) is 35.6 Å². The standard InChI is InChI=1S/C16H19FN2O3/c1-10(2)15(16(21)22)18-14(20)6-8-19-7-5-11-3-4-12(17)9-13(11)19/h3-5,7,9-10,15H,6,8H2,1-2H3,(H,18,20)(H,21,22)/t15-/m0/s1. The molecule has 0 bridgehead atoms. The Kier molecular flexibility index (Phi) is 4.80. The summed E-state index contributed by atoms with van der Waals surface area (Å²) in [5.74, 6) is -1.90. The van der Waals surface area contributed by atoms with Crippen molar-refractivity contribution in [3.8, 4) is 0 Å². The molecule has 1 aromatic heterocycles. The smallest absolute Gasteiger partial charge is 0.326 e. The van der Waals surface area contributed by atoms with E-state index in [9.17, 15) is 14.0 Å². The highest BCUT2D eigenvalue weighted by Crippen LogP contribution is 2.17. The lowest BCUT2D eigenvalue weighted by Crippen LogP contribution is -2.44. The van der Waals surface area contributed by atoms with Gasteiger partial charge in [0.05, 0.1) is 5.52 Å². The molecule has 2 aromatic rings. The zero-order valence-electron chi connectivity index (χ0n) is 12.5. The summed E-state index contributed by atoms with van der Waals surface area (Å²) in [6.07, 6.45) is 1.92. The lowest BCUT2D eigenvalue weighted by Gasteiger charge is -2.18. The van der Waals surface area contributed by atoms with Gasteiger partial charge in [0.2, 0.25) is 5.91 Å². The molecule has 0 fully saturated rings. The third kappa shape index (κ3) is 3.63. The van der Waals surface area contributed by atoms with Crippen LogP contribution in [0.15, 0.2) is 30.5 Å². The molecule has 1 aromatic carbocycles. The average molecular weight is 306 g/mol. The van der Waals surface area contributed by atoms with Crippen LogP contribution in [0.5, 0.6) is 0 Å². The van der Waals surface area contributed by atoms with Crippen molar-refractivity contribution in [1.29, 1.82) is 0 Å². The van der Waals surface area contributed by atoms with Crippen LogP contribution in [0.1, 0.15) is 20.3 Å². The number of benzene rings is 1. The van der Waals surface area contributed by atoms with Crippen LogP contribution in [-0.4, -0.2) is 27.6 Å². The van der Waals surface area contributed by atoms with Crippen LogP contribution in [0, 0.1) is 11.7 Å². The van der Waals surface area contributed by atoms with E-state index >= 15 is 0 Å². The number of rotatable bonds is 6. The number of amides is 1. The number of carboxylic acids is 1. The number of halogens is 1. The number of nitrogens with one attached hydrogen (secondary N) is 1. The third-order valence-corrected chi connectivity index (χ3v) is 3.56. The summed E-state index contributed by atoms with van der Waals surface area (Å²) in [5, 5.41) is 12.5. The van der Waals surface area contributed by atoms with Gasteiger partial charge in [-0.2, -0.15) is 0 Å². The van der Waals surface area contributed by atoms with Crippen molar-refractivity contribution < 1.29 is 19.1 Å². The summed E-state index contributed by atoms with van der Waals surface area (Å²) in [5.41, 5.74) is 0.714. The maximum atomic E-state index is 13.3. The second kappa shape index (κ2) is 6.60. The van der Waals surface area contributed by atoms with Crippen LogP contribution in [0.25, 0.3) is 10.9 Å². The van der Waals surface area contributed by atoms with Gasteiger partial charge in [0.1, 0.15) is 11.9 Å². The van der Waals surface area contributed by atoms with E-state index in [0.29, 0.717) is 12.1 Å². The van der Waals surface area contributed by atoms with Gasteiger partial charge in [0.25, 0.3) is 0 Å². The first-order valence-electron chi connectivity index (χ1n) is 7.15. The minimum atomic E-state index is -1.04. The van der Waals surface area contributed by atoms with E-state index in [2.05, 4.69) is 5.32 Å². The van der Waals surface area contributed by atoms with E-state index in [0.717, 1.165) is 5.39 Å². The maximum absolute atomic E-state index is 13.3. The molecule has 1 heterocycles. The fourth-order valence-corrected chi connectivity index (χ4v) is 2.33. The minimum Gasteiger partial charge on any atom is -0.480 e. The van der Waals surface area contributed by atoms with Crippen LogP contribution in [-0.2, 0) is 16.1 Å². The highest BCUT2D eigenvalue weighted by molar-refractivity contribution is 5.84. The fraction of sp³-hybridized carbons (Fsp3) is 0.375. The summed E-state index contributed by atoms with van der Waals surface area (Å²) in [6.45, 7) is 3.84.